The topological polar surface area (TPSA) is 98.7 Å². The maximum atomic E-state index is 11.8. The number of nitrogens with one attached hydrogen (secondary N) is 2. The summed E-state index contributed by atoms with van der Waals surface area (Å²) in [5.41, 5.74) is 0. The Balaban J connectivity index is 3.77. The van der Waals surface area contributed by atoms with E-state index in [-0.39, 0.29) is 25.8 Å². The van der Waals surface area contributed by atoms with Gasteiger partial charge in [0.2, 0.25) is 0 Å². The van der Waals surface area contributed by atoms with Crippen LogP contribution in [0.2, 0.25) is 0 Å². The number of aliphatic hydroxyl groups excluding tert-OH is 1. The van der Waals surface area contributed by atoms with E-state index in [2.05, 4.69) is 10.6 Å². The minimum atomic E-state index is -4.21. The first kappa shape index (κ1) is 17.5. The molecule has 19 heavy (non-hydrogen) atoms. The van der Waals surface area contributed by atoms with Gasteiger partial charge in [0.15, 0.2) is 0 Å². The lowest BCUT2D eigenvalue weighted by molar-refractivity contribution is -0.139. The first-order valence-corrected chi connectivity index (χ1v) is 5.71. The highest BCUT2D eigenvalue weighted by atomic mass is 19.4. The third kappa shape index (κ3) is 10.1. The van der Waals surface area contributed by atoms with Crippen LogP contribution in [0, 0.1) is 0 Å². The molecule has 1 atom stereocenters. The van der Waals surface area contributed by atoms with Gasteiger partial charge in [0, 0.05) is 26.0 Å². The van der Waals surface area contributed by atoms with Gasteiger partial charge in [-0.15, -0.1) is 0 Å². The molecule has 4 N–H and O–H groups in total. The standard InChI is InChI=1S/C10H17F3N2O4/c11-10(12,13)4-1-2-5-14-9(19)15-7(3-6-16)8(17)18/h7,16H,1-6H2,(H,17,18)(H2,14,15,19)/t7-/m1/s1. The van der Waals surface area contributed by atoms with Gasteiger partial charge < -0.3 is 20.8 Å². The number of halogens is 3. The average molecular weight is 286 g/mol. The van der Waals surface area contributed by atoms with Crippen molar-refractivity contribution < 1.29 is 33.0 Å². The first-order chi connectivity index (χ1) is 8.76. The smallest absolute Gasteiger partial charge is 0.389 e. The number of carboxylic acids is 1. The highest BCUT2D eigenvalue weighted by Gasteiger charge is 2.25. The van der Waals surface area contributed by atoms with Crippen LogP contribution < -0.4 is 10.6 Å². The lowest BCUT2D eigenvalue weighted by atomic mass is 10.2. The van der Waals surface area contributed by atoms with Crippen molar-refractivity contribution in [3.05, 3.63) is 0 Å². The Morgan fingerprint density at radius 2 is 1.84 bits per heavy atom. The maximum absolute atomic E-state index is 11.8. The fourth-order valence-corrected chi connectivity index (χ4v) is 1.25. The van der Waals surface area contributed by atoms with Gasteiger partial charge in [0.25, 0.3) is 0 Å². The van der Waals surface area contributed by atoms with Crippen molar-refractivity contribution >= 4 is 12.0 Å². The van der Waals surface area contributed by atoms with Crippen LogP contribution in [0.1, 0.15) is 25.7 Å². The number of hydrogen-bond donors (Lipinski definition) is 4. The lowest BCUT2D eigenvalue weighted by Gasteiger charge is -2.14. The van der Waals surface area contributed by atoms with Crippen molar-refractivity contribution in [1.82, 2.24) is 10.6 Å². The van der Waals surface area contributed by atoms with Crippen LogP contribution in [0.15, 0.2) is 0 Å². The molecule has 0 rings (SSSR count). The van der Waals surface area contributed by atoms with E-state index in [0.29, 0.717) is 0 Å². The number of aliphatic carboxylic acids is 1. The predicted molar refractivity (Wildman–Crippen MR) is 59.6 cm³/mol. The molecule has 0 aliphatic heterocycles. The molecule has 0 heterocycles. The molecular formula is C10H17F3N2O4. The van der Waals surface area contributed by atoms with Crippen LogP contribution in [-0.2, 0) is 4.79 Å². The zero-order valence-corrected chi connectivity index (χ0v) is 10.2. The Morgan fingerprint density at radius 1 is 1.21 bits per heavy atom. The molecule has 0 saturated heterocycles. The summed E-state index contributed by atoms with van der Waals surface area (Å²) >= 11 is 0. The van der Waals surface area contributed by atoms with E-state index >= 15 is 0 Å². The highest BCUT2D eigenvalue weighted by molar-refractivity contribution is 5.82. The molecule has 9 heteroatoms. The molecule has 112 valence electrons. The van der Waals surface area contributed by atoms with Crippen molar-refractivity contribution in [3.8, 4) is 0 Å². The Labute approximate surface area is 108 Å². The number of urea groups is 1. The molecule has 0 spiro atoms. The van der Waals surface area contributed by atoms with Crippen LogP contribution >= 0.6 is 0 Å². The summed E-state index contributed by atoms with van der Waals surface area (Å²) < 4.78 is 35.4. The number of carbonyl (C=O) groups excluding carboxylic acids is 1. The Hall–Kier alpha value is -1.51. The number of alkyl halides is 3. The molecule has 0 saturated carbocycles. The summed E-state index contributed by atoms with van der Waals surface area (Å²) in [4.78, 5) is 21.8. The first-order valence-electron chi connectivity index (χ1n) is 5.71. The number of unbranched alkanes of at least 4 members (excludes halogenated alkanes) is 1. The Kier molecular flexibility index (Phi) is 7.89. The van der Waals surface area contributed by atoms with E-state index in [4.69, 9.17) is 10.2 Å². The summed E-state index contributed by atoms with van der Waals surface area (Å²) in [7, 11) is 0. The number of carboxylic acid groups (broad SMARTS) is 1. The summed E-state index contributed by atoms with van der Waals surface area (Å²) in [5, 5.41) is 21.6. The van der Waals surface area contributed by atoms with Crippen LogP contribution in [0.4, 0.5) is 18.0 Å². The molecule has 2 amide bonds. The quantitative estimate of drug-likeness (QED) is 0.497. The summed E-state index contributed by atoms with van der Waals surface area (Å²) in [6.07, 6.45) is -5.24. The normalized spacial score (nSPS) is 12.8. The van der Waals surface area contributed by atoms with Gasteiger partial charge in [-0.05, 0) is 12.8 Å². The van der Waals surface area contributed by atoms with Crippen LogP contribution in [0.5, 0.6) is 0 Å². The second kappa shape index (κ2) is 8.57. The van der Waals surface area contributed by atoms with Gasteiger partial charge in [-0.3, -0.25) is 0 Å². The number of aliphatic hydroxyl groups is 1. The predicted octanol–water partition coefficient (Wildman–Crippen LogP) is 0.854. The van der Waals surface area contributed by atoms with E-state index in [1.165, 1.54) is 0 Å². The molecule has 0 aliphatic rings. The minimum Gasteiger partial charge on any atom is -0.480 e. The average Bonchev–Trinajstić information content (AvgIpc) is 2.26. The molecule has 6 nitrogen and oxygen atoms in total. The lowest BCUT2D eigenvalue weighted by Crippen LogP contribution is -2.46. The highest BCUT2D eigenvalue weighted by Crippen LogP contribution is 2.21. The van der Waals surface area contributed by atoms with Gasteiger partial charge in [-0.1, -0.05) is 0 Å². The molecule has 0 aromatic heterocycles. The summed E-state index contributed by atoms with van der Waals surface area (Å²) in [6.45, 7) is -0.379. The second-order valence-electron chi connectivity index (χ2n) is 3.88. The molecule has 0 aliphatic carbocycles. The molecule has 0 radical (unpaired) electrons. The monoisotopic (exact) mass is 286 g/mol. The van der Waals surface area contributed by atoms with Gasteiger partial charge in [-0.2, -0.15) is 13.2 Å². The zero-order chi connectivity index (χ0) is 14.9. The van der Waals surface area contributed by atoms with Gasteiger partial charge in [0.1, 0.15) is 6.04 Å². The third-order valence-corrected chi connectivity index (χ3v) is 2.19. The Bertz CT molecular complexity index is 297. The number of carbonyl (C=O) groups is 2. The van der Waals surface area contributed by atoms with E-state index in [9.17, 15) is 22.8 Å². The molecule has 0 aromatic carbocycles. The third-order valence-electron chi connectivity index (χ3n) is 2.19. The fourth-order valence-electron chi connectivity index (χ4n) is 1.25. The van der Waals surface area contributed by atoms with E-state index in [0.717, 1.165) is 0 Å². The summed E-state index contributed by atoms with van der Waals surface area (Å²) in [5.74, 6) is -1.29. The van der Waals surface area contributed by atoms with Crippen LogP contribution in [0.3, 0.4) is 0 Å². The maximum Gasteiger partial charge on any atom is 0.389 e. The number of amides is 2. The molecule has 0 bridgehead atoms. The SMILES string of the molecule is O=C(NCCCCC(F)(F)F)N[C@H](CCO)C(=O)O. The van der Waals surface area contributed by atoms with Gasteiger partial charge in [0.05, 0.1) is 0 Å². The van der Waals surface area contributed by atoms with Gasteiger partial charge in [-0.25, -0.2) is 9.59 Å². The van der Waals surface area contributed by atoms with Crippen molar-refractivity contribution in [2.45, 2.75) is 37.9 Å². The molecule has 0 fully saturated rings. The van der Waals surface area contributed by atoms with Crippen LogP contribution in [0.25, 0.3) is 0 Å². The van der Waals surface area contributed by atoms with Crippen molar-refractivity contribution in [3.63, 3.8) is 0 Å². The van der Waals surface area contributed by atoms with E-state index < -0.39 is 37.2 Å². The fraction of sp³-hybridized carbons (Fsp3) is 0.800. The van der Waals surface area contributed by atoms with Crippen LogP contribution in [-0.4, -0.2) is 47.6 Å². The van der Waals surface area contributed by atoms with Gasteiger partial charge >= 0.3 is 18.2 Å². The van der Waals surface area contributed by atoms with Crippen molar-refractivity contribution in [2.24, 2.45) is 0 Å². The molecule has 0 unspecified atom stereocenters. The zero-order valence-electron chi connectivity index (χ0n) is 10.2. The largest absolute Gasteiger partial charge is 0.480 e. The second-order valence-corrected chi connectivity index (χ2v) is 3.88. The Morgan fingerprint density at radius 3 is 2.32 bits per heavy atom. The van der Waals surface area contributed by atoms with E-state index in [1.807, 2.05) is 0 Å². The minimum absolute atomic E-state index is 0.0212. The van der Waals surface area contributed by atoms with E-state index in [1.54, 1.807) is 0 Å². The number of hydrogen-bond acceptors (Lipinski definition) is 3. The molecule has 0 aromatic rings. The summed E-state index contributed by atoms with van der Waals surface area (Å²) in [6, 6.07) is -2.01. The molecular weight excluding hydrogens is 269 g/mol. The van der Waals surface area contributed by atoms with Crippen molar-refractivity contribution in [2.75, 3.05) is 13.2 Å². The number of rotatable bonds is 8. The van der Waals surface area contributed by atoms with Crippen molar-refractivity contribution in [1.29, 1.82) is 0 Å².